The molecule has 19 heavy (non-hydrogen) atoms. The van der Waals surface area contributed by atoms with Crippen molar-refractivity contribution in [1.29, 1.82) is 0 Å². The fourth-order valence-corrected chi connectivity index (χ4v) is 2.58. The number of hydrogen-bond acceptors (Lipinski definition) is 0. The van der Waals surface area contributed by atoms with E-state index in [1.807, 2.05) is 0 Å². The lowest BCUT2D eigenvalue weighted by Gasteiger charge is -2.02. The van der Waals surface area contributed by atoms with E-state index in [4.69, 9.17) is 0 Å². The summed E-state index contributed by atoms with van der Waals surface area (Å²) in [4.78, 5) is 3.38. The van der Waals surface area contributed by atoms with E-state index in [-0.39, 0.29) is 0 Å². The third-order valence-corrected chi connectivity index (χ3v) is 3.87. The van der Waals surface area contributed by atoms with Crippen molar-refractivity contribution >= 4 is 0 Å². The van der Waals surface area contributed by atoms with Crippen molar-refractivity contribution in [3.8, 4) is 0 Å². The van der Waals surface area contributed by atoms with Gasteiger partial charge >= 0.3 is 0 Å². The van der Waals surface area contributed by atoms with Crippen molar-refractivity contribution < 1.29 is 4.57 Å². The molecule has 110 valence electrons. The van der Waals surface area contributed by atoms with Crippen molar-refractivity contribution in [3.63, 3.8) is 0 Å². The average Bonchev–Trinajstić information content (AvgIpc) is 2.87. The van der Waals surface area contributed by atoms with E-state index in [0.717, 1.165) is 0 Å². The first-order valence-corrected chi connectivity index (χ1v) is 8.44. The second-order valence-corrected chi connectivity index (χ2v) is 5.68. The SMILES string of the molecule is CCCCCCCCCC[n+]1cc[nH]c1CCCC. The van der Waals surface area contributed by atoms with E-state index in [9.17, 15) is 0 Å². The zero-order valence-corrected chi connectivity index (χ0v) is 13.1. The van der Waals surface area contributed by atoms with E-state index in [2.05, 4.69) is 35.8 Å². The lowest BCUT2D eigenvalue weighted by Crippen LogP contribution is -2.36. The highest BCUT2D eigenvalue weighted by atomic mass is 15.1. The molecular formula is C17H33N2+. The molecule has 0 fully saturated rings. The van der Waals surface area contributed by atoms with Crippen LogP contribution in [-0.2, 0) is 13.0 Å². The molecule has 1 aromatic rings. The number of rotatable bonds is 12. The number of nitrogens with zero attached hydrogens (tertiary/aromatic N) is 1. The molecule has 0 aliphatic heterocycles. The van der Waals surface area contributed by atoms with Crippen LogP contribution in [0.3, 0.4) is 0 Å². The van der Waals surface area contributed by atoms with Crippen molar-refractivity contribution in [2.75, 3.05) is 0 Å². The van der Waals surface area contributed by atoms with Crippen LogP contribution in [0.1, 0.15) is 83.9 Å². The Morgan fingerprint density at radius 3 is 2.16 bits per heavy atom. The normalized spacial score (nSPS) is 11.1. The number of nitrogens with one attached hydrogen (secondary N) is 1. The molecule has 0 amide bonds. The fraction of sp³-hybridized carbons (Fsp3) is 0.824. The van der Waals surface area contributed by atoms with Gasteiger partial charge in [0.1, 0.15) is 12.4 Å². The Morgan fingerprint density at radius 2 is 1.47 bits per heavy atom. The van der Waals surface area contributed by atoms with Crippen LogP contribution >= 0.6 is 0 Å². The number of unbranched alkanes of at least 4 members (excludes halogenated alkanes) is 8. The van der Waals surface area contributed by atoms with Gasteiger partial charge in [-0.05, 0) is 19.3 Å². The summed E-state index contributed by atoms with van der Waals surface area (Å²) in [5.74, 6) is 1.41. The highest BCUT2D eigenvalue weighted by Crippen LogP contribution is 2.08. The number of imidazole rings is 1. The van der Waals surface area contributed by atoms with Crippen molar-refractivity contribution in [2.24, 2.45) is 0 Å². The highest BCUT2D eigenvalue weighted by molar-refractivity contribution is 4.77. The van der Waals surface area contributed by atoms with Gasteiger partial charge in [-0.2, -0.15) is 0 Å². The van der Waals surface area contributed by atoms with Crippen molar-refractivity contribution in [1.82, 2.24) is 4.98 Å². The van der Waals surface area contributed by atoms with E-state index >= 15 is 0 Å². The Balaban J connectivity index is 2.04. The minimum Gasteiger partial charge on any atom is -0.248 e. The van der Waals surface area contributed by atoms with Crippen LogP contribution in [-0.4, -0.2) is 4.98 Å². The summed E-state index contributed by atoms with van der Waals surface area (Å²) in [5, 5.41) is 0. The standard InChI is InChI=1S/C17H32N2/c1-3-5-7-8-9-10-11-12-15-19-16-14-18-17(19)13-6-4-2/h14,16H,3-13,15H2,1-2H3/p+1. The molecule has 0 aliphatic carbocycles. The summed E-state index contributed by atoms with van der Waals surface area (Å²) in [7, 11) is 0. The predicted octanol–water partition coefficient (Wildman–Crippen LogP) is 4.79. The molecule has 0 unspecified atom stereocenters. The molecule has 0 spiro atoms. The summed E-state index contributed by atoms with van der Waals surface area (Å²) in [5.41, 5.74) is 0. The molecule has 1 heterocycles. The van der Waals surface area contributed by atoms with Crippen LogP contribution in [0, 0.1) is 0 Å². The minimum absolute atomic E-state index is 1.19. The predicted molar refractivity (Wildman–Crippen MR) is 82.2 cm³/mol. The summed E-state index contributed by atoms with van der Waals surface area (Å²) >= 11 is 0. The first kappa shape index (κ1) is 16.3. The molecule has 0 aliphatic rings. The zero-order valence-electron chi connectivity index (χ0n) is 13.1. The molecule has 0 saturated carbocycles. The molecule has 1 rings (SSSR count). The van der Waals surface area contributed by atoms with Gasteiger partial charge in [0, 0.05) is 6.42 Å². The third-order valence-electron chi connectivity index (χ3n) is 3.87. The topological polar surface area (TPSA) is 19.7 Å². The number of H-pyrrole nitrogens is 1. The Labute approximate surface area is 119 Å². The van der Waals surface area contributed by atoms with Gasteiger partial charge in [-0.3, -0.25) is 0 Å². The maximum atomic E-state index is 3.38. The van der Waals surface area contributed by atoms with Crippen LogP contribution in [0.4, 0.5) is 0 Å². The first-order valence-electron chi connectivity index (χ1n) is 8.44. The molecular weight excluding hydrogens is 232 g/mol. The molecule has 1 aromatic heterocycles. The number of aromatic amines is 1. The lowest BCUT2D eigenvalue weighted by molar-refractivity contribution is -0.703. The average molecular weight is 265 g/mol. The van der Waals surface area contributed by atoms with E-state index in [1.165, 1.54) is 83.0 Å². The summed E-state index contributed by atoms with van der Waals surface area (Å²) in [6.07, 6.45) is 19.2. The van der Waals surface area contributed by atoms with E-state index in [0.29, 0.717) is 0 Å². The first-order chi connectivity index (χ1) is 9.38. The smallest absolute Gasteiger partial charge is 0.248 e. The second-order valence-electron chi connectivity index (χ2n) is 5.68. The van der Waals surface area contributed by atoms with Crippen LogP contribution in [0.25, 0.3) is 0 Å². The van der Waals surface area contributed by atoms with Crippen LogP contribution in [0.5, 0.6) is 0 Å². The quantitative estimate of drug-likeness (QED) is 0.414. The highest BCUT2D eigenvalue weighted by Gasteiger charge is 2.08. The van der Waals surface area contributed by atoms with Gasteiger partial charge in [-0.1, -0.05) is 58.8 Å². The van der Waals surface area contributed by atoms with Crippen LogP contribution in [0.2, 0.25) is 0 Å². The zero-order chi connectivity index (χ0) is 13.8. The third kappa shape index (κ3) is 7.39. The molecule has 0 saturated heterocycles. The second kappa shape index (κ2) is 11.1. The van der Waals surface area contributed by atoms with E-state index in [1.54, 1.807) is 0 Å². The molecule has 2 nitrogen and oxygen atoms in total. The Morgan fingerprint density at radius 1 is 0.842 bits per heavy atom. The lowest BCUT2D eigenvalue weighted by atomic mass is 10.1. The number of aryl methyl sites for hydroxylation is 2. The maximum absolute atomic E-state index is 3.38. The molecule has 2 heteroatoms. The largest absolute Gasteiger partial charge is 0.254 e. The Kier molecular flexibility index (Phi) is 9.48. The number of aromatic nitrogens is 2. The van der Waals surface area contributed by atoms with E-state index < -0.39 is 0 Å². The molecule has 0 radical (unpaired) electrons. The molecule has 0 atom stereocenters. The van der Waals surface area contributed by atoms with Gasteiger partial charge in [-0.15, -0.1) is 0 Å². The Bertz CT molecular complexity index is 304. The monoisotopic (exact) mass is 265 g/mol. The fourth-order valence-electron chi connectivity index (χ4n) is 2.58. The van der Waals surface area contributed by atoms with Gasteiger partial charge in [0.25, 0.3) is 5.82 Å². The van der Waals surface area contributed by atoms with Crippen molar-refractivity contribution in [3.05, 3.63) is 18.2 Å². The summed E-state index contributed by atoms with van der Waals surface area (Å²) < 4.78 is 2.41. The van der Waals surface area contributed by atoms with Crippen LogP contribution < -0.4 is 4.57 Å². The van der Waals surface area contributed by atoms with Gasteiger partial charge in [0.05, 0.1) is 6.54 Å². The molecule has 0 bridgehead atoms. The van der Waals surface area contributed by atoms with Gasteiger partial charge in [0.15, 0.2) is 0 Å². The maximum Gasteiger partial charge on any atom is 0.254 e. The van der Waals surface area contributed by atoms with Crippen LogP contribution in [0.15, 0.2) is 12.4 Å². The summed E-state index contributed by atoms with van der Waals surface area (Å²) in [6, 6.07) is 0. The molecule has 0 aromatic carbocycles. The minimum atomic E-state index is 1.19. The summed E-state index contributed by atoms with van der Waals surface area (Å²) in [6.45, 7) is 5.73. The molecule has 1 N–H and O–H groups in total. The van der Waals surface area contributed by atoms with Gasteiger partial charge in [0.2, 0.25) is 0 Å². The van der Waals surface area contributed by atoms with Gasteiger partial charge in [-0.25, -0.2) is 9.55 Å². The van der Waals surface area contributed by atoms with Crippen molar-refractivity contribution in [2.45, 2.75) is 91.0 Å². The number of hydrogen-bond donors (Lipinski definition) is 1. The van der Waals surface area contributed by atoms with Gasteiger partial charge < -0.3 is 0 Å². The Hall–Kier alpha value is -0.790.